The Balaban J connectivity index is 1.72. The molecule has 3 rings (SSSR count). The van der Waals surface area contributed by atoms with Crippen LogP contribution in [0.4, 0.5) is 5.69 Å². The minimum Gasteiger partial charge on any atom is -0.497 e. The van der Waals surface area contributed by atoms with Crippen molar-refractivity contribution in [1.29, 1.82) is 0 Å². The number of carbonyl (C=O) groups excluding carboxylic acids is 1. The molecule has 0 fully saturated rings. The maximum absolute atomic E-state index is 12.8. The maximum Gasteiger partial charge on any atom is 0.265 e. The highest BCUT2D eigenvalue weighted by atomic mass is 32.1. The lowest BCUT2D eigenvalue weighted by molar-refractivity contribution is -0.120. The van der Waals surface area contributed by atoms with E-state index in [1.165, 1.54) is 0 Å². The van der Waals surface area contributed by atoms with Crippen molar-refractivity contribution in [3.8, 4) is 11.5 Å². The molecule has 0 saturated heterocycles. The Morgan fingerprint density at radius 1 is 1.00 bits per heavy atom. The highest BCUT2D eigenvalue weighted by Crippen LogP contribution is 2.22. The number of benzene rings is 2. The number of amides is 1. The molecule has 134 valence electrons. The van der Waals surface area contributed by atoms with Crippen LogP contribution >= 0.6 is 11.3 Å². The molecule has 0 aliphatic rings. The molecule has 26 heavy (non-hydrogen) atoms. The minimum atomic E-state index is -0.0851. The lowest BCUT2D eigenvalue weighted by Gasteiger charge is -2.22. The topological polar surface area (TPSA) is 38.8 Å². The fraction of sp³-hybridized carbons (Fsp3) is 0.190. The molecule has 0 bridgehead atoms. The van der Waals surface area contributed by atoms with Gasteiger partial charge in [-0.25, -0.2) is 0 Å². The van der Waals surface area contributed by atoms with Crippen molar-refractivity contribution in [3.05, 3.63) is 76.5 Å². The molecule has 1 amide bonds. The highest BCUT2D eigenvalue weighted by Gasteiger charge is 2.17. The number of hydrogen-bond donors (Lipinski definition) is 0. The second kappa shape index (κ2) is 8.54. The number of aryl methyl sites for hydroxylation is 1. The second-order valence-corrected chi connectivity index (χ2v) is 6.89. The van der Waals surface area contributed by atoms with E-state index in [-0.39, 0.29) is 12.5 Å². The molecule has 2 aromatic carbocycles. The average Bonchev–Trinajstić information content (AvgIpc) is 3.19. The zero-order chi connectivity index (χ0) is 18.4. The number of nitrogens with zero attached hydrogens (tertiary/aromatic N) is 1. The van der Waals surface area contributed by atoms with Gasteiger partial charge in [-0.15, -0.1) is 11.3 Å². The summed E-state index contributed by atoms with van der Waals surface area (Å²) in [5.74, 6) is 1.31. The van der Waals surface area contributed by atoms with Crippen LogP contribution in [0.3, 0.4) is 0 Å². The van der Waals surface area contributed by atoms with Gasteiger partial charge in [0, 0.05) is 10.6 Å². The van der Waals surface area contributed by atoms with Gasteiger partial charge in [-0.2, -0.15) is 0 Å². The first kappa shape index (κ1) is 18.0. The summed E-state index contributed by atoms with van der Waals surface area (Å²) in [7, 11) is 1.61. The monoisotopic (exact) mass is 367 g/mol. The predicted octanol–water partition coefficient (Wildman–Crippen LogP) is 4.68. The third-order valence-electron chi connectivity index (χ3n) is 3.96. The first-order valence-corrected chi connectivity index (χ1v) is 9.20. The van der Waals surface area contributed by atoms with Crippen molar-refractivity contribution in [2.45, 2.75) is 13.5 Å². The molecule has 5 heteroatoms. The number of methoxy groups -OCH3 is 1. The minimum absolute atomic E-state index is 0.0222. The van der Waals surface area contributed by atoms with Gasteiger partial charge in [0.05, 0.1) is 13.7 Å². The van der Waals surface area contributed by atoms with E-state index in [1.54, 1.807) is 35.5 Å². The molecule has 3 aromatic rings. The summed E-state index contributed by atoms with van der Waals surface area (Å²) >= 11 is 1.64. The van der Waals surface area contributed by atoms with Gasteiger partial charge in [0.25, 0.3) is 5.91 Å². The molecule has 0 radical (unpaired) electrons. The van der Waals surface area contributed by atoms with Gasteiger partial charge in [-0.05, 0) is 54.8 Å². The van der Waals surface area contributed by atoms with E-state index in [1.807, 2.05) is 60.8 Å². The molecule has 1 aromatic heterocycles. The Bertz CT molecular complexity index is 827. The van der Waals surface area contributed by atoms with E-state index in [0.29, 0.717) is 12.3 Å². The van der Waals surface area contributed by atoms with Crippen LogP contribution in [0, 0.1) is 6.92 Å². The van der Waals surface area contributed by atoms with Crippen LogP contribution in [-0.2, 0) is 11.3 Å². The number of ether oxygens (including phenoxy) is 2. The van der Waals surface area contributed by atoms with E-state index in [2.05, 4.69) is 0 Å². The fourth-order valence-electron chi connectivity index (χ4n) is 2.50. The summed E-state index contributed by atoms with van der Waals surface area (Å²) in [5.41, 5.74) is 2.03. The second-order valence-electron chi connectivity index (χ2n) is 5.86. The Kier molecular flexibility index (Phi) is 5.92. The van der Waals surface area contributed by atoms with Crippen LogP contribution in [0.2, 0.25) is 0 Å². The van der Waals surface area contributed by atoms with E-state index < -0.39 is 0 Å². The molecule has 0 saturated carbocycles. The smallest absolute Gasteiger partial charge is 0.265 e. The number of thiophene rings is 1. The van der Waals surface area contributed by atoms with Gasteiger partial charge in [0.15, 0.2) is 6.61 Å². The predicted molar refractivity (Wildman–Crippen MR) is 105 cm³/mol. The number of anilines is 1. The molecule has 0 N–H and O–H groups in total. The Hall–Kier alpha value is -2.79. The van der Waals surface area contributed by atoms with Gasteiger partial charge in [0.1, 0.15) is 11.5 Å². The lowest BCUT2D eigenvalue weighted by Crippen LogP contribution is -2.34. The van der Waals surface area contributed by atoms with Crippen LogP contribution in [0.5, 0.6) is 11.5 Å². The molecule has 0 aliphatic carbocycles. The number of hydrogen-bond acceptors (Lipinski definition) is 4. The molecule has 1 heterocycles. The molecular formula is C21H21NO3S. The Morgan fingerprint density at radius 2 is 1.69 bits per heavy atom. The van der Waals surface area contributed by atoms with Crippen LogP contribution in [0.15, 0.2) is 66.0 Å². The summed E-state index contributed by atoms with van der Waals surface area (Å²) in [6.45, 7) is 2.54. The summed E-state index contributed by atoms with van der Waals surface area (Å²) in [6.07, 6.45) is 0. The Labute approximate surface area is 157 Å². The number of carbonyl (C=O) groups is 1. The third-order valence-corrected chi connectivity index (χ3v) is 4.82. The molecular weight excluding hydrogens is 346 g/mol. The van der Waals surface area contributed by atoms with Gasteiger partial charge in [0.2, 0.25) is 0 Å². The summed E-state index contributed by atoms with van der Waals surface area (Å²) in [6, 6.07) is 19.2. The third kappa shape index (κ3) is 4.64. The molecule has 0 spiro atoms. The first-order chi connectivity index (χ1) is 12.7. The fourth-order valence-corrected chi connectivity index (χ4v) is 3.19. The van der Waals surface area contributed by atoms with Crippen molar-refractivity contribution in [2.75, 3.05) is 18.6 Å². The summed E-state index contributed by atoms with van der Waals surface area (Å²) in [5, 5.41) is 2.01. The van der Waals surface area contributed by atoms with E-state index in [0.717, 1.165) is 21.9 Å². The van der Waals surface area contributed by atoms with Crippen molar-refractivity contribution in [2.24, 2.45) is 0 Å². The number of rotatable bonds is 7. The van der Waals surface area contributed by atoms with Crippen molar-refractivity contribution < 1.29 is 14.3 Å². The summed E-state index contributed by atoms with van der Waals surface area (Å²) in [4.78, 5) is 15.7. The van der Waals surface area contributed by atoms with Gasteiger partial charge < -0.3 is 14.4 Å². The molecule has 4 nitrogen and oxygen atoms in total. The highest BCUT2D eigenvalue weighted by molar-refractivity contribution is 7.09. The van der Waals surface area contributed by atoms with Crippen molar-refractivity contribution in [3.63, 3.8) is 0 Å². The van der Waals surface area contributed by atoms with Crippen molar-refractivity contribution >= 4 is 22.9 Å². The van der Waals surface area contributed by atoms with Crippen LogP contribution in [-0.4, -0.2) is 19.6 Å². The van der Waals surface area contributed by atoms with Crippen LogP contribution in [0.25, 0.3) is 0 Å². The SMILES string of the molecule is COc1ccc(OCC(=O)N(Cc2cccs2)c2ccc(C)cc2)cc1. The van der Waals surface area contributed by atoms with E-state index >= 15 is 0 Å². The molecule has 0 aliphatic heterocycles. The zero-order valence-electron chi connectivity index (χ0n) is 14.8. The molecule has 0 atom stereocenters. The average molecular weight is 367 g/mol. The van der Waals surface area contributed by atoms with E-state index in [9.17, 15) is 4.79 Å². The largest absolute Gasteiger partial charge is 0.497 e. The van der Waals surface area contributed by atoms with Gasteiger partial charge >= 0.3 is 0 Å². The van der Waals surface area contributed by atoms with Gasteiger partial charge in [-0.3, -0.25) is 4.79 Å². The first-order valence-electron chi connectivity index (χ1n) is 8.32. The normalized spacial score (nSPS) is 10.4. The molecule has 0 unspecified atom stereocenters. The zero-order valence-corrected chi connectivity index (χ0v) is 15.7. The van der Waals surface area contributed by atoms with Crippen molar-refractivity contribution in [1.82, 2.24) is 0 Å². The Morgan fingerprint density at radius 3 is 2.31 bits per heavy atom. The van der Waals surface area contributed by atoms with Crippen LogP contribution in [0.1, 0.15) is 10.4 Å². The summed E-state index contributed by atoms with van der Waals surface area (Å²) < 4.78 is 10.8. The maximum atomic E-state index is 12.8. The van der Waals surface area contributed by atoms with Gasteiger partial charge in [-0.1, -0.05) is 23.8 Å². The quantitative estimate of drug-likeness (QED) is 0.609. The van der Waals surface area contributed by atoms with E-state index in [4.69, 9.17) is 9.47 Å². The lowest BCUT2D eigenvalue weighted by atomic mass is 10.2. The standard InChI is InChI=1S/C21H21NO3S/c1-16-5-7-17(8-6-16)22(14-20-4-3-13-26-20)21(23)15-25-19-11-9-18(24-2)10-12-19/h3-13H,14-15H2,1-2H3. The van der Waals surface area contributed by atoms with Crippen LogP contribution < -0.4 is 14.4 Å².